The summed E-state index contributed by atoms with van der Waals surface area (Å²) < 4.78 is 76.1. The molecule has 1 unspecified atom stereocenters. The summed E-state index contributed by atoms with van der Waals surface area (Å²) in [6, 6.07) is 1.86. The molecule has 0 aliphatic carbocycles. The van der Waals surface area contributed by atoms with Crippen molar-refractivity contribution >= 4 is 0 Å². The molecule has 1 N–H and O–H groups in total. The Balaban J connectivity index is 2.49. The average Bonchev–Trinajstić information content (AvgIpc) is 2.79. The van der Waals surface area contributed by atoms with E-state index in [1.165, 1.54) is 0 Å². The molecule has 1 atom stereocenters. The van der Waals surface area contributed by atoms with Crippen LogP contribution in [-0.2, 0) is 12.4 Å². The molecular formula is C12H11F6N. The number of nitrogens with one attached hydrogen (secondary N) is 1. The van der Waals surface area contributed by atoms with E-state index in [0.29, 0.717) is 25.6 Å². The average molecular weight is 283 g/mol. The highest BCUT2D eigenvalue weighted by molar-refractivity contribution is 5.38. The normalized spacial score (nSPS) is 20.8. The van der Waals surface area contributed by atoms with Crippen molar-refractivity contribution in [2.24, 2.45) is 0 Å². The maximum absolute atomic E-state index is 12.9. The van der Waals surface area contributed by atoms with Crippen molar-refractivity contribution in [2.45, 2.75) is 24.7 Å². The van der Waals surface area contributed by atoms with Gasteiger partial charge in [-0.25, -0.2) is 0 Å². The fourth-order valence-corrected chi connectivity index (χ4v) is 2.25. The van der Waals surface area contributed by atoms with Gasteiger partial charge < -0.3 is 5.32 Å². The third kappa shape index (κ3) is 3.02. The summed E-state index contributed by atoms with van der Waals surface area (Å²) in [6.45, 7) is 0.928. The number of hydrogen-bond donors (Lipinski definition) is 1. The molecule has 0 spiro atoms. The summed E-state index contributed by atoms with van der Waals surface area (Å²) in [4.78, 5) is 0. The zero-order chi connectivity index (χ0) is 14.3. The van der Waals surface area contributed by atoms with Crippen molar-refractivity contribution in [1.29, 1.82) is 0 Å². The van der Waals surface area contributed by atoms with E-state index in [1.807, 2.05) is 0 Å². The Hall–Kier alpha value is -1.24. The second-order valence-corrected chi connectivity index (χ2v) is 4.49. The second-order valence-electron chi connectivity index (χ2n) is 4.49. The van der Waals surface area contributed by atoms with Crippen LogP contribution in [0.2, 0.25) is 0 Å². The molecule has 0 radical (unpaired) electrons. The summed E-state index contributed by atoms with van der Waals surface area (Å²) in [6.07, 6.45) is -9.06. The molecule has 0 aromatic heterocycles. The van der Waals surface area contributed by atoms with Crippen LogP contribution in [0.5, 0.6) is 0 Å². The molecule has 1 aromatic carbocycles. The maximum Gasteiger partial charge on any atom is 0.416 e. The fourth-order valence-electron chi connectivity index (χ4n) is 2.25. The Morgan fingerprint density at radius 3 is 2.16 bits per heavy atom. The quantitative estimate of drug-likeness (QED) is 0.773. The van der Waals surface area contributed by atoms with E-state index in [1.54, 1.807) is 0 Å². The van der Waals surface area contributed by atoms with Gasteiger partial charge in [-0.3, -0.25) is 0 Å². The van der Waals surface area contributed by atoms with E-state index in [4.69, 9.17) is 0 Å². The first-order chi connectivity index (χ1) is 8.69. The van der Waals surface area contributed by atoms with Gasteiger partial charge in [-0.1, -0.05) is 6.07 Å². The molecule has 0 bridgehead atoms. The number of rotatable bonds is 1. The van der Waals surface area contributed by atoms with Gasteiger partial charge in [0.25, 0.3) is 0 Å². The summed E-state index contributed by atoms with van der Waals surface area (Å²) >= 11 is 0. The molecule has 1 fully saturated rings. The lowest BCUT2D eigenvalue weighted by molar-refractivity contribution is -0.143. The molecule has 1 nitrogen and oxygen atoms in total. The number of alkyl halides is 6. The summed E-state index contributed by atoms with van der Waals surface area (Å²) in [5, 5.41) is 2.90. The molecule has 1 aliphatic heterocycles. The summed E-state index contributed by atoms with van der Waals surface area (Å²) in [7, 11) is 0. The van der Waals surface area contributed by atoms with E-state index in [9.17, 15) is 26.3 Å². The minimum Gasteiger partial charge on any atom is -0.316 e. The van der Waals surface area contributed by atoms with Crippen LogP contribution in [0.25, 0.3) is 0 Å². The first-order valence-electron chi connectivity index (χ1n) is 5.68. The lowest BCUT2D eigenvalue weighted by Gasteiger charge is -2.19. The summed E-state index contributed by atoms with van der Waals surface area (Å²) in [5.74, 6) is -0.390. The van der Waals surface area contributed by atoms with Gasteiger partial charge >= 0.3 is 12.4 Å². The van der Waals surface area contributed by atoms with E-state index in [0.717, 1.165) is 6.07 Å². The Morgan fingerprint density at radius 1 is 1.00 bits per heavy atom. The lowest BCUT2D eigenvalue weighted by Crippen LogP contribution is -2.16. The highest BCUT2D eigenvalue weighted by Crippen LogP contribution is 2.40. The van der Waals surface area contributed by atoms with Crippen molar-refractivity contribution in [3.8, 4) is 0 Å². The zero-order valence-electron chi connectivity index (χ0n) is 9.70. The van der Waals surface area contributed by atoms with Crippen LogP contribution in [0.15, 0.2) is 18.2 Å². The fraction of sp³-hybridized carbons (Fsp3) is 0.500. The topological polar surface area (TPSA) is 12.0 Å². The van der Waals surface area contributed by atoms with Gasteiger partial charge in [0.1, 0.15) is 0 Å². The number of hydrogen-bond acceptors (Lipinski definition) is 1. The predicted octanol–water partition coefficient (Wildman–Crippen LogP) is 3.80. The molecule has 0 saturated carbocycles. The molecule has 7 heteroatoms. The monoisotopic (exact) mass is 283 g/mol. The number of benzene rings is 1. The Kier molecular flexibility index (Phi) is 3.51. The van der Waals surface area contributed by atoms with Crippen molar-refractivity contribution < 1.29 is 26.3 Å². The van der Waals surface area contributed by atoms with Gasteiger partial charge in [-0.2, -0.15) is 26.3 Å². The van der Waals surface area contributed by atoms with Crippen LogP contribution in [0.3, 0.4) is 0 Å². The molecule has 1 aromatic rings. The third-order valence-corrected chi connectivity index (χ3v) is 3.19. The summed E-state index contributed by atoms with van der Waals surface area (Å²) in [5.41, 5.74) is -2.52. The molecule has 1 saturated heterocycles. The van der Waals surface area contributed by atoms with Crippen LogP contribution in [-0.4, -0.2) is 13.1 Å². The van der Waals surface area contributed by atoms with Crippen molar-refractivity contribution in [3.05, 3.63) is 34.9 Å². The first kappa shape index (κ1) is 14.2. The van der Waals surface area contributed by atoms with Crippen molar-refractivity contribution in [1.82, 2.24) is 5.32 Å². The standard InChI is InChI=1S/C12H11F6N/c13-11(14,15)8-1-2-9(7-3-4-19-6-7)10(5-8)12(16,17)18/h1-2,5,7,19H,3-4,6H2. The largest absolute Gasteiger partial charge is 0.416 e. The van der Waals surface area contributed by atoms with Gasteiger partial charge in [0.15, 0.2) is 0 Å². The van der Waals surface area contributed by atoms with E-state index in [2.05, 4.69) is 5.32 Å². The smallest absolute Gasteiger partial charge is 0.316 e. The zero-order valence-corrected chi connectivity index (χ0v) is 9.70. The number of halogens is 6. The van der Waals surface area contributed by atoms with Gasteiger partial charge in [-0.15, -0.1) is 0 Å². The van der Waals surface area contributed by atoms with Gasteiger partial charge in [0.05, 0.1) is 11.1 Å². The molecule has 19 heavy (non-hydrogen) atoms. The molecule has 0 amide bonds. The Morgan fingerprint density at radius 2 is 1.68 bits per heavy atom. The van der Waals surface area contributed by atoms with E-state index in [-0.39, 0.29) is 17.5 Å². The highest BCUT2D eigenvalue weighted by Gasteiger charge is 2.39. The second kappa shape index (κ2) is 4.70. The highest BCUT2D eigenvalue weighted by atomic mass is 19.4. The van der Waals surface area contributed by atoms with Crippen LogP contribution < -0.4 is 5.32 Å². The van der Waals surface area contributed by atoms with Crippen LogP contribution in [0.1, 0.15) is 29.0 Å². The van der Waals surface area contributed by atoms with Crippen molar-refractivity contribution in [3.63, 3.8) is 0 Å². The maximum atomic E-state index is 12.9. The van der Waals surface area contributed by atoms with Crippen LogP contribution >= 0.6 is 0 Å². The molecular weight excluding hydrogens is 272 g/mol. The third-order valence-electron chi connectivity index (χ3n) is 3.19. The molecule has 106 valence electrons. The minimum atomic E-state index is -4.78. The Bertz CT molecular complexity index is 456. The minimum absolute atomic E-state index is 0.0644. The molecule has 1 heterocycles. The first-order valence-corrected chi connectivity index (χ1v) is 5.68. The van der Waals surface area contributed by atoms with Crippen molar-refractivity contribution in [2.75, 3.05) is 13.1 Å². The van der Waals surface area contributed by atoms with Gasteiger partial charge in [-0.05, 0) is 36.6 Å². The van der Waals surface area contributed by atoms with Crippen LogP contribution in [0.4, 0.5) is 26.3 Å². The van der Waals surface area contributed by atoms with Gasteiger partial charge in [0, 0.05) is 6.54 Å². The Labute approximate surface area is 105 Å². The SMILES string of the molecule is FC(F)(F)c1ccc(C2CCNC2)c(C(F)(F)F)c1. The lowest BCUT2D eigenvalue weighted by atomic mass is 9.91. The van der Waals surface area contributed by atoms with E-state index >= 15 is 0 Å². The van der Waals surface area contributed by atoms with Gasteiger partial charge in [0.2, 0.25) is 0 Å². The van der Waals surface area contributed by atoms with Crippen LogP contribution in [0, 0.1) is 0 Å². The predicted molar refractivity (Wildman–Crippen MR) is 56.7 cm³/mol. The van der Waals surface area contributed by atoms with E-state index < -0.39 is 23.5 Å². The molecule has 1 aliphatic rings. The molecule has 2 rings (SSSR count).